The summed E-state index contributed by atoms with van der Waals surface area (Å²) >= 11 is 0. The van der Waals surface area contributed by atoms with Gasteiger partial charge in [-0.25, -0.2) is 0 Å². The highest BCUT2D eigenvalue weighted by Gasteiger charge is 2.03. The first kappa shape index (κ1) is 43.2. The zero-order valence-electron chi connectivity index (χ0n) is 28.4. The fourth-order valence-corrected chi connectivity index (χ4v) is 3.49. The summed E-state index contributed by atoms with van der Waals surface area (Å²) in [6.07, 6.45) is 0.325. The average molecular weight is 678 g/mol. The fraction of sp³-hybridized carbons (Fsp3) is 0.788. The third-order valence-corrected chi connectivity index (χ3v) is 5.95. The Balaban J connectivity index is 1.63. The summed E-state index contributed by atoms with van der Waals surface area (Å²) < 4.78 is 64.6. The van der Waals surface area contributed by atoms with Crippen molar-refractivity contribution < 1.29 is 61.6 Å². The average Bonchev–Trinajstić information content (AvgIpc) is 3.09. The van der Waals surface area contributed by atoms with Gasteiger partial charge in [0.2, 0.25) is 0 Å². The molecule has 0 unspecified atom stereocenters. The van der Waals surface area contributed by atoms with Crippen LogP contribution in [0.3, 0.4) is 0 Å². The van der Waals surface area contributed by atoms with Crippen LogP contribution in [0.5, 0.6) is 0 Å². The number of rotatable bonds is 38. The Morgan fingerprint density at radius 1 is 0.468 bits per heavy atom. The van der Waals surface area contributed by atoms with E-state index in [0.29, 0.717) is 165 Å². The molecule has 0 saturated carbocycles. The van der Waals surface area contributed by atoms with Crippen LogP contribution < -0.4 is 5.32 Å². The number of hydrogen-bond acceptors (Lipinski definition) is 14. The van der Waals surface area contributed by atoms with Crippen molar-refractivity contribution in [2.24, 2.45) is 0 Å². The normalized spacial score (nSPS) is 11.3. The first-order valence-corrected chi connectivity index (χ1v) is 16.5. The van der Waals surface area contributed by atoms with Crippen molar-refractivity contribution in [3.63, 3.8) is 0 Å². The molecular formula is C33H59NO13. The first-order valence-electron chi connectivity index (χ1n) is 16.5. The molecule has 14 heteroatoms. The minimum atomic E-state index is -0.219. The van der Waals surface area contributed by atoms with Gasteiger partial charge in [0.05, 0.1) is 145 Å². The van der Waals surface area contributed by atoms with Crippen LogP contribution in [-0.4, -0.2) is 165 Å². The molecule has 1 N–H and O–H groups in total. The number of esters is 1. The lowest BCUT2D eigenvalue weighted by Crippen LogP contribution is -2.24. The molecule has 0 aliphatic rings. The van der Waals surface area contributed by atoms with E-state index in [4.69, 9.17) is 56.8 Å². The van der Waals surface area contributed by atoms with E-state index >= 15 is 0 Å². The minimum Gasteiger partial charge on any atom is -0.461 e. The lowest BCUT2D eigenvalue weighted by atomic mass is 10.2. The number of ether oxygens (including phenoxy) is 12. The quantitative estimate of drug-likeness (QED) is 0.0799. The summed E-state index contributed by atoms with van der Waals surface area (Å²) in [6.45, 7) is 12.4. The molecule has 0 aliphatic heterocycles. The van der Waals surface area contributed by atoms with Gasteiger partial charge in [0.15, 0.2) is 0 Å². The van der Waals surface area contributed by atoms with Gasteiger partial charge in [0.25, 0.3) is 0 Å². The van der Waals surface area contributed by atoms with Gasteiger partial charge in [0, 0.05) is 20.2 Å². The van der Waals surface area contributed by atoms with Crippen LogP contribution in [0.2, 0.25) is 0 Å². The second kappa shape index (κ2) is 37.0. The monoisotopic (exact) mass is 677 g/mol. The molecule has 0 saturated heterocycles. The molecule has 14 nitrogen and oxygen atoms in total. The number of methoxy groups -OCH3 is 1. The number of carbonyl (C=O) groups excluding carboxylic acids is 1. The van der Waals surface area contributed by atoms with E-state index in [9.17, 15) is 4.79 Å². The highest BCUT2D eigenvalue weighted by molar-refractivity contribution is 5.69. The second-order valence-electron chi connectivity index (χ2n) is 9.76. The van der Waals surface area contributed by atoms with Crippen LogP contribution in [0.15, 0.2) is 30.3 Å². The maximum absolute atomic E-state index is 11.7. The molecule has 47 heavy (non-hydrogen) atoms. The summed E-state index contributed by atoms with van der Waals surface area (Å²) in [4.78, 5) is 11.7. The second-order valence-corrected chi connectivity index (χ2v) is 9.76. The maximum Gasteiger partial charge on any atom is 0.307 e. The van der Waals surface area contributed by atoms with E-state index in [1.807, 2.05) is 30.3 Å². The Morgan fingerprint density at radius 3 is 1.17 bits per heavy atom. The fourth-order valence-electron chi connectivity index (χ4n) is 3.49. The Bertz CT molecular complexity index is 763. The molecule has 0 aromatic heterocycles. The molecule has 0 radical (unpaired) electrons. The van der Waals surface area contributed by atoms with Gasteiger partial charge in [-0.05, 0) is 5.56 Å². The van der Waals surface area contributed by atoms with E-state index < -0.39 is 0 Å². The molecule has 0 spiro atoms. The van der Waals surface area contributed by atoms with Crippen LogP contribution in [0.4, 0.5) is 0 Å². The summed E-state index contributed by atoms with van der Waals surface area (Å²) in [7, 11) is 1.64. The molecule has 0 atom stereocenters. The van der Waals surface area contributed by atoms with Gasteiger partial charge >= 0.3 is 5.97 Å². The molecule has 0 fully saturated rings. The lowest BCUT2D eigenvalue weighted by Gasteiger charge is -2.09. The highest BCUT2D eigenvalue weighted by Crippen LogP contribution is 2.01. The van der Waals surface area contributed by atoms with Crippen molar-refractivity contribution in [2.75, 3.05) is 159 Å². The van der Waals surface area contributed by atoms with Gasteiger partial charge in [-0.3, -0.25) is 4.79 Å². The zero-order valence-corrected chi connectivity index (χ0v) is 28.4. The number of benzene rings is 1. The van der Waals surface area contributed by atoms with Gasteiger partial charge < -0.3 is 62.2 Å². The third-order valence-electron chi connectivity index (χ3n) is 5.95. The van der Waals surface area contributed by atoms with Crippen molar-refractivity contribution in [1.82, 2.24) is 5.32 Å². The Hall–Kier alpha value is -1.79. The maximum atomic E-state index is 11.7. The van der Waals surface area contributed by atoms with Crippen molar-refractivity contribution in [3.05, 3.63) is 35.9 Å². The van der Waals surface area contributed by atoms with Crippen molar-refractivity contribution in [2.45, 2.75) is 13.0 Å². The smallest absolute Gasteiger partial charge is 0.307 e. The predicted molar refractivity (Wildman–Crippen MR) is 174 cm³/mol. The SMILES string of the molecule is COCCOCCOCCOCCOCCOCCOCCOCCOCCOCCOCCNCCC(=O)OCc1ccccc1. The molecule has 1 rings (SSSR count). The summed E-state index contributed by atoms with van der Waals surface area (Å²) in [5.41, 5.74) is 0.980. The molecule has 0 aliphatic carbocycles. The Kier molecular flexibility index (Phi) is 34.1. The summed E-state index contributed by atoms with van der Waals surface area (Å²) in [6, 6.07) is 9.63. The van der Waals surface area contributed by atoms with Crippen molar-refractivity contribution in [1.29, 1.82) is 0 Å². The Labute approximate surface area is 280 Å². The van der Waals surface area contributed by atoms with Crippen LogP contribution in [0.25, 0.3) is 0 Å². The molecule has 1 aromatic carbocycles. The number of nitrogens with one attached hydrogen (secondary N) is 1. The minimum absolute atomic E-state index is 0.219. The number of carbonyl (C=O) groups is 1. The highest BCUT2D eigenvalue weighted by atomic mass is 16.6. The van der Waals surface area contributed by atoms with E-state index in [1.54, 1.807) is 7.11 Å². The largest absolute Gasteiger partial charge is 0.461 e. The van der Waals surface area contributed by atoms with E-state index in [2.05, 4.69) is 5.32 Å². The van der Waals surface area contributed by atoms with Crippen LogP contribution in [0, 0.1) is 0 Å². The van der Waals surface area contributed by atoms with Gasteiger partial charge in [-0.2, -0.15) is 0 Å². The van der Waals surface area contributed by atoms with Gasteiger partial charge in [0.1, 0.15) is 6.61 Å². The molecule has 0 amide bonds. The first-order chi connectivity index (χ1) is 23.3. The van der Waals surface area contributed by atoms with Gasteiger partial charge in [-0.1, -0.05) is 30.3 Å². The summed E-state index contributed by atoms with van der Waals surface area (Å²) in [5.74, 6) is -0.219. The Morgan fingerprint density at radius 2 is 0.809 bits per heavy atom. The topological polar surface area (TPSA) is 140 Å². The van der Waals surface area contributed by atoms with Crippen LogP contribution in [0.1, 0.15) is 12.0 Å². The summed E-state index contributed by atoms with van der Waals surface area (Å²) in [5, 5.41) is 3.16. The van der Waals surface area contributed by atoms with Crippen molar-refractivity contribution in [3.8, 4) is 0 Å². The van der Waals surface area contributed by atoms with E-state index in [1.165, 1.54) is 0 Å². The standard InChI is InChI=1S/C33H59NO13/c1-36-11-12-38-15-16-40-19-20-42-23-24-44-27-28-46-30-29-45-26-25-43-22-21-41-18-17-39-14-13-37-10-9-34-8-7-33(35)47-31-32-5-3-2-4-6-32/h2-6,34H,7-31H2,1H3. The lowest BCUT2D eigenvalue weighted by molar-refractivity contribution is -0.144. The van der Waals surface area contributed by atoms with E-state index in [-0.39, 0.29) is 5.97 Å². The zero-order chi connectivity index (χ0) is 33.6. The molecule has 274 valence electrons. The van der Waals surface area contributed by atoms with Gasteiger partial charge in [-0.15, -0.1) is 0 Å². The van der Waals surface area contributed by atoms with Crippen LogP contribution in [-0.2, 0) is 68.2 Å². The third kappa shape index (κ3) is 33.9. The van der Waals surface area contributed by atoms with Crippen LogP contribution >= 0.6 is 0 Å². The predicted octanol–water partition coefficient (Wildman–Crippen LogP) is 1.52. The molecular weight excluding hydrogens is 618 g/mol. The van der Waals surface area contributed by atoms with E-state index in [0.717, 1.165) is 5.56 Å². The molecule has 1 aromatic rings. The van der Waals surface area contributed by atoms with Crippen molar-refractivity contribution >= 4 is 5.97 Å². The molecule has 0 heterocycles. The molecule has 0 bridgehead atoms. The number of hydrogen-bond donors (Lipinski definition) is 1.